The Balaban J connectivity index is 1.41. The molecule has 0 radical (unpaired) electrons. The van der Waals surface area contributed by atoms with Crippen LogP contribution in [-0.4, -0.2) is 33.5 Å². The normalized spacial score (nSPS) is 17.2. The number of benzene rings is 2. The number of halogens is 1. The van der Waals surface area contributed by atoms with E-state index in [-0.39, 0.29) is 6.10 Å². The van der Waals surface area contributed by atoms with Crippen molar-refractivity contribution in [2.75, 3.05) is 13.2 Å². The lowest BCUT2D eigenvalue weighted by atomic mass is 9.89. The first-order chi connectivity index (χ1) is 14.4. The first-order valence-electron chi connectivity index (χ1n) is 10.1. The number of nitrogens with one attached hydrogen (secondary N) is 2. The van der Waals surface area contributed by atoms with Crippen molar-refractivity contribution in [1.82, 2.24) is 10.0 Å². The molecule has 2 aromatic carbocycles. The van der Waals surface area contributed by atoms with Gasteiger partial charge in [-0.25, -0.2) is 12.8 Å². The average Bonchev–Trinajstić information content (AvgIpc) is 2.73. The first-order valence-corrected chi connectivity index (χ1v) is 11.6. The summed E-state index contributed by atoms with van der Waals surface area (Å²) in [6, 6.07) is 12.3. The molecule has 0 saturated heterocycles. The number of amides is 1. The van der Waals surface area contributed by atoms with Gasteiger partial charge in [-0.15, -0.1) is 0 Å². The average molecular weight is 435 g/mol. The number of rotatable bonds is 9. The summed E-state index contributed by atoms with van der Waals surface area (Å²) in [5, 5.41) is 2.69. The third kappa shape index (κ3) is 5.65. The van der Waals surface area contributed by atoms with Crippen LogP contribution in [0.4, 0.5) is 4.39 Å². The minimum absolute atomic E-state index is 0.0807. The van der Waals surface area contributed by atoms with Crippen molar-refractivity contribution in [1.29, 1.82) is 0 Å². The Morgan fingerprint density at radius 1 is 1.20 bits per heavy atom. The molecule has 0 heterocycles. The van der Waals surface area contributed by atoms with E-state index in [4.69, 9.17) is 4.74 Å². The fraction of sp³-hybridized carbons (Fsp3) is 0.409. The molecule has 1 unspecified atom stereocenters. The van der Waals surface area contributed by atoms with Crippen molar-refractivity contribution in [2.45, 2.75) is 49.6 Å². The lowest BCUT2D eigenvalue weighted by Gasteiger charge is -2.25. The van der Waals surface area contributed by atoms with Gasteiger partial charge in [-0.3, -0.25) is 4.79 Å². The molecule has 3 rings (SSSR count). The molecule has 6 nitrogen and oxygen atoms in total. The van der Waals surface area contributed by atoms with Gasteiger partial charge in [0, 0.05) is 13.2 Å². The second kappa shape index (κ2) is 10.1. The van der Waals surface area contributed by atoms with Crippen LogP contribution in [0, 0.1) is 5.82 Å². The van der Waals surface area contributed by atoms with Gasteiger partial charge in [0.05, 0.1) is 12.1 Å². The summed E-state index contributed by atoms with van der Waals surface area (Å²) < 4.78 is 46.5. The molecule has 1 amide bonds. The van der Waals surface area contributed by atoms with Crippen LogP contribution in [0.1, 0.15) is 43.4 Å². The van der Waals surface area contributed by atoms with Crippen LogP contribution in [0.15, 0.2) is 53.4 Å². The summed E-state index contributed by atoms with van der Waals surface area (Å²) in [5.74, 6) is -1.34. The third-order valence-corrected chi connectivity index (χ3v) is 6.68. The summed E-state index contributed by atoms with van der Waals surface area (Å²) in [7, 11) is -4.12. The molecule has 0 aliphatic heterocycles. The summed E-state index contributed by atoms with van der Waals surface area (Å²) >= 11 is 0. The van der Waals surface area contributed by atoms with Gasteiger partial charge in [0.15, 0.2) is 0 Å². The largest absolute Gasteiger partial charge is 0.373 e. The van der Waals surface area contributed by atoms with Crippen molar-refractivity contribution in [3.8, 4) is 0 Å². The fourth-order valence-electron chi connectivity index (χ4n) is 3.56. The van der Waals surface area contributed by atoms with E-state index in [0.717, 1.165) is 31.4 Å². The molecule has 0 aromatic heterocycles. The van der Waals surface area contributed by atoms with Gasteiger partial charge >= 0.3 is 0 Å². The number of ether oxygens (including phenoxy) is 1. The topological polar surface area (TPSA) is 84.5 Å². The molecule has 2 N–H and O–H groups in total. The summed E-state index contributed by atoms with van der Waals surface area (Å²) in [6.07, 6.45) is 3.84. The van der Waals surface area contributed by atoms with E-state index < -0.39 is 32.7 Å². The molecule has 0 bridgehead atoms. The molecular formula is C22H27FN2O4S. The summed E-state index contributed by atoms with van der Waals surface area (Å²) in [6.45, 7) is 2.27. The highest BCUT2D eigenvalue weighted by Crippen LogP contribution is 2.32. The number of aryl methyl sites for hydroxylation is 1. The van der Waals surface area contributed by atoms with Gasteiger partial charge in [-0.05, 0) is 55.9 Å². The minimum Gasteiger partial charge on any atom is -0.373 e. The van der Waals surface area contributed by atoms with Crippen LogP contribution in [0.5, 0.6) is 0 Å². The Labute approximate surface area is 176 Å². The highest BCUT2D eigenvalue weighted by Gasteiger charge is 2.24. The zero-order valence-electron chi connectivity index (χ0n) is 16.9. The summed E-state index contributed by atoms with van der Waals surface area (Å²) in [4.78, 5) is 11.7. The van der Waals surface area contributed by atoms with E-state index in [2.05, 4.69) is 22.2 Å². The Bertz CT molecular complexity index is 981. The predicted molar refractivity (Wildman–Crippen MR) is 112 cm³/mol. The third-order valence-electron chi connectivity index (χ3n) is 5.11. The Morgan fingerprint density at radius 2 is 1.93 bits per heavy atom. The quantitative estimate of drug-likeness (QED) is 0.594. The van der Waals surface area contributed by atoms with Crippen LogP contribution in [0.25, 0.3) is 0 Å². The standard InChI is InChI=1S/C22H27FN2O4S/c1-16(25-30(27,28)21-13-5-4-11-19(21)23)22(26)24-14-7-15-29-20-12-6-9-17-8-2-3-10-18(17)20/h2-5,8,10-11,13,16,20,25H,6-7,9,12,14-15H2,1H3,(H,24,26)/t16-,20?/m0/s1. The molecule has 0 spiro atoms. The van der Waals surface area contributed by atoms with Gasteiger partial charge in [-0.1, -0.05) is 36.4 Å². The molecule has 8 heteroatoms. The monoisotopic (exact) mass is 434 g/mol. The number of carbonyl (C=O) groups is 1. The number of sulfonamides is 1. The van der Waals surface area contributed by atoms with E-state index in [1.165, 1.54) is 30.2 Å². The van der Waals surface area contributed by atoms with Crippen molar-refractivity contribution < 1.29 is 22.3 Å². The smallest absolute Gasteiger partial charge is 0.244 e. The summed E-state index contributed by atoms with van der Waals surface area (Å²) in [5.41, 5.74) is 2.57. The van der Waals surface area contributed by atoms with E-state index in [9.17, 15) is 17.6 Å². The second-order valence-corrected chi connectivity index (χ2v) is 9.05. The zero-order chi connectivity index (χ0) is 21.6. The van der Waals surface area contributed by atoms with Gasteiger partial charge < -0.3 is 10.1 Å². The molecule has 0 saturated carbocycles. The molecule has 2 aromatic rings. The van der Waals surface area contributed by atoms with Gasteiger partial charge in [0.1, 0.15) is 10.7 Å². The van der Waals surface area contributed by atoms with Crippen molar-refractivity contribution in [3.05, 3.63) is 65.5 Å². The second-order valence-electron chi connectivity index (χ2n) is 7.37. The molecule has 0 fully saturated rings. The van der Waals surface area contributed by atoms with Crippen molar-refractivity contribution >= 4 is 15.9 Å². The lowest BCUT2D eigenvalue weighted by Crippen LogP contribution is -2.45. The van der Waals surface area contributed by atoms with Gasteiger partial charge in [-0.2, -0.15) is 4.72 Å². The van der Waals surface area contributed by atoms with Crippen LogP contribution >= 0.6 is 0 Å². The van der Waals surface area contributed by atoms with Crippen LogP contribution < -0.4 is 10.0 Å². The van der Waals surface area contributed by atoms with E-state index in [1.54, 1.807) is 0 Å². The van der Waals surface area contributed by atoms with E-state index >= 15 is 0 Å². The van der Waals surface area contributed by atoms with E-state index in [0.29, 0.717) is 19.6 Å². The molecule has 30 heavy (non-hydrogen) atoms. The van der Waals surface area contributed by atoms with Crippen LogP contribution in [-0.2, 0) is 26.0 Å². The molecular weight excluding hydrogens is 407 g/mol. The molecule has 162 valence electrons. The lowest BCUT2D eigenvalue weighted by molar-refractivity contribution is -0.122. The fourth-order valence-corrected chi connectivity index (χ4v) is 4.84. The highest BCUT2D eigenvalue weighted by molar-refractivity contribution is 7.89. The maximum absolute atomic E-state index is 13.7. The molecule has 1 aliphatic rings. The number of hydrogen-bond acceptors (Lipinski definition) is 4. The highest BCUT2D eigenvalue weighted by atomic mass is 32.2. The first kappa shape index (κ1) is 22.4. The Hall–Kier alpha value is -2.29. The Kier molecular flexibility index (Phi) is 7.58. The maximum atomic E-state index is 13.7. The molecule has 1 aliphatic carbocycles. The van der Waals surface area contributed by atoms with Crippen LogP contribution in [0.2, 0.25) is 0 Å². The van der Waals surface area contributed by atoms with Crippen molar-refractivity contribution in [2.24, 2.45) is 0 Å². The number of hydrogen-bond donors (Lipinski definition) is 2. The maximum Gasteiger partial charge on any atom is 0.244 e. The Morgan fingerprint density at radius 3 is 2.73 bits per heavy atom. The predicted octanol–water partition coefficient (Wildman–Crippen LogP) is 3.09. The van der Waals surface area contributed by atoms with Crippen LogP contribution in [0.3, 0.4) is 0 Å². The molecule has 2 atom stereocenters. The zero-order valence-corrected chi connectivity index (χ0v) is 17.8. The van der Waals surface area contributed by atoms with E-state index in [1.807, 2.05) is 12.1 Å². The number of fused-ring (bicyclic) bond motifs is 1. The van der Waals surface area contributed by atoms with Gasteiger partial charge in [0.25, 0.3) is 0 Å². The minimum atomic E-state index is -4.12. The van der Waals surface area contributed by atoms with Crippen molar-refractivity contribution in [3.63, 3.8) is 0 Å². The number of carbonyl (C=O) groups excluding carboxylic acids is 1. The van der Waals surface area contributed by atoms with Gasteiger partial charge in [0.2, 0.25) is 15.9 Å². The SMILES string of the molecule is C[C@H](NS(=O)(=O)c1ccccc1F)C(=O)NCCCOC1CCCc2ccccc21.